The molecule has 7 heteroatoms. The second-order valence-corrected chi connectivity index (χ2v) is 15.0. The van der Waals surface area contributed by atoms with Gasteiger partial charge in [-0.25, -0.2) is 9.97 Å². The van der Waals surface area contributed by atoms with E-state index >= 15 is 0 Å². The zero-order chi connectivity index (χ0) is 39.6. The van der Waals surface area contributed by atoms with Gasteiger partial charge < -0.3 is 9.13 Å². The number of rotatable bonds is 6. The van der Waals surface area contributed by atoms with E-state index in [9.17, 15) is 0 Å². The van der Waals surface area contributed by atoms with Crippen LogP contribution in [0.1, 0.15) is 0 Å². The fourth-order valence-electron chi connectivity index (χ4n) is 8.79. The zero-order valence-corrected chi connectivity index (χ0v) is 32.2. The van der Waals surface area contributed by atoms with Crippen LogP contribution in [-0.4, -0.2) is 34.1 Å². The van der Waals surface area contributed by atoms with Gasteiger partial charge in [0, 0.05) is 74.4 Å². The SMILES string of the molecule is c1cc(-c2cccc(-c3cc(-c4cncc5ccccc45)cc(-c4ccc(-n5c6ccccc6c6ncccc65)cc4)n3)n2)cc(-n2c3ccccc3c3ccncc32)c1. The lowest BCUT2D eigenvalue weighted by molar-refractivity contribution is 1.16. The first-order valence-corrected chi connectivity index (χ1v) is 20.0. The molecule has 0 radical (unpaired) electrons. The number of benzene rings is 5. The van der Waals surface area contributed by atoms with Gasteiger partial charge >= 0.3 is 0 Å². The van der Waals surface area contributed by atoms with E-state index in [1.165, 1.54) is 10.8 Å². The summed E-state index contributed by atoms with van der Waals surface area (Å²) < 4.78 is 4.56. The van der Waals surface area contributed by atoms with Crippen LogP contribution >= 0.6 is 0 Å². The maximum atomic E-state index is 5.32. The Balaban J connectivity index is 0.985. The molecule has 0 unspecified atom stereocenters. The molecule has 0 aliphatic carbocycles. The van der Waals surface area contributed by atoms with Crippen LogP contribution < -0.4 is 0 Å². The topological polar surface area (TPSA) is 74.3 Å². The van der Waals surface area contributed by atoms with E-state index in [1.807, 2.05) is 43.1 Å². The average molecular weight is 768 g/mol. The average Bonchev–Trinajstić information content (AvgIpc) is 3.84. The van der Waals surface area contributed by atoms with Crippen LogP contribution in [0.25, 0.3) is 111 Å². The minimum atomic E-state index is 0.777. The monoisotopic (exact) mass is 767 g/mol. The van der Waals surface area contributed by atoms with Crippen molar-refractivity contribution in [3.8, 4) is 56.4 Å². The molecule has 0 bridgehead atoms. The van der Waals surface area contributed by atoms with Crippen molar-refractivity contribution in [2.24, 2.45) is 0 Å². The van der Waals surface area contributed by atoms with Crippen molar-refractivity contribution in [3.63, 3.8) is 0 Å². The van der Waals surface area contributed by atoms with Gasteiger partial charge in [-0.3, -0.25) is 15.0 Å². The van der Waals surface area contributed by atoms with Crippen molar-refractivity contribution in [2.45, 2.75) is 0 Å². The predicted molar refractivity (Wildman–Crippen MR) is 243 cm³/mol. The van der Waals surface area contributed by atoms with Crippen molar-refractivity contribution in [2.75, 3.05) is 0 Å². The summed E-state index contributed by atoms with van der Waals surface area (Å²) in [4.78, 5) is 24.5. The highest BCUT2D eigenvalue weighted by atomic mass is 15.0. The summed E-state index contributed by atoms with van der Waals surface area (Å²) in [6, 6.07) is 59.2. The number of fused-ring (bicyclic) bond motifs is 7. The van der Waals surface area contributed by atoms with Gasteiger partial charge in [0.15, 0.2) is 0 Å². The molecule has 0 spiro atoms. The first-order valence-electron chi connectivity index (χ1n) is 20.0. The summed E-state index contributed by atoms with van der Waals surface area (Å²) in [5.41, 5.74) is 14.8. The molecule has 0 aliphatic heterocycles. The Kier molecular flexibility index (Phi) is 7.71. The van der Waals surface area contributed by atoms with E-state index in [0.717, 1.165) is 100 Å². The number of hydrogen-bond donors (Lipinski definition) is 0. The summed E-state index contributed by atoms with van der Waals surface area (Å²) in [6.45, 7) is 0. The number of para-hydroxylation sites is 2. The number of nitrogens with zero attached hydrogens (tertiary/aromatic N) is 7. The van der Waals surface area contributed by atoms with Gasteiger partial charge in [-0.05, 0) is 89.8 Å². The molecular weight excluding hydrogens is 735 g/mol. The Labute approximate surface area is 344 Å². The highest BCUT2D eigenvalue weighted by Gasteiger charge is 2.17. The van der Waals surface area contributed by atoms with Gasteiger partial charge in [-0.15, -0.1) is 0 Å². The van der Waals surface area contributed by atoms with E-state index in [0.29, 0.717) is 0 Å². The molecule has 0 aliphatic rings. The van der Waals surface area contributed by atoms with Crippen molar-refractivity contribution in [3.05, 3.63) is 201 Å². The van der Waals surface area contributed by atoms with Crippen LogP contribution in [0.5, 0.6) is 0 Å². The first-order chi connectivity index (χ1) is 29.7. The van der Waals surface area contributed by atoms with Crippen LogP contribution in [0.3, 0.4) is 0 Å². The van der Waals surface area contributed by atoms with Crippen LogP contribution in [0.15, 0.2) is 201 Å². The number of hydrogen-bond acceptors (Lipinski definition) is 5. The zero-order valence-electron chi connectivity index (χ0n) is 32.2. The Hall–Kier alpha value is -8.29. The second-order valence-electron chi connectivity index (χ2n) is 15.0. The van der Waals surface area contributed by atoms with E-state index in [-0.39, 0.29) is 0 Å². The third kappa shape index (κ3) is 5.48. The van der Waals surface area contributed by atoms with Crippen LogP contribution in [-0.2, 0) is 0 Å². The molecule has 0 N–H and O–H groups in total. The van der Waals surface area contributed by atoms with Crippen molar-refractivity contribution in [1.82, 2.24) is 34.1 Å². The maximum absolute atomic E-state index is 5.32. The standard InChI is InChI=1S/C53H33N7/c1-2-13-40-36(10-1)31-55-32-44(40)37-29-47(34-21-23-38(24-22-34)59-50-19-6-4-15-43(50)53-51(59)20-9-26-56-53)58-48(30-37)46-17-8-16-45(57-46)35-11-7-12-39(28-35)60-49-18-5-3-14-41(49)42-25-27-54-33-52(42)60/h1-33H. The van der Waals surface area contributed by atoms with Crippen molar-refractivity contribution < 1.29 is 0 Å². The van der Waals surface area contributed by atoms with Crippen molar-refractivity contribution >= 4 is 54.5 Å². The molecule has 7 aromatic heterocycles. The highest BCUT2D eigenvalue weighted by Crippen LogP contribution is 2.37. The van der Waals surface area contributed by atoms with Gasteiger partial charge in [-0.2, -0.15) is 0 Å². The van der Waals surface area contributed by atoms with E-state index in [2.05, 4.69) is 177 Å². The molecule has 7 nitrogen and oxygen atoms in total. The number of aromatic nitrogens is 7. The second kappa shape index (κ2) is 13.7. The molecule has 60 heavy (non-hydrogen) atoms. The minimum Gasteiger partial charge on any atom is -0.308 e. The molecule has 0 amide bonds. The predicted octanol–water partition coefficient (Wildman–Crippen LogP) is 12.7. The lowest BCUT2D eigenvalue weighted by Gasteiger charge is -2.13. The maximum Gasteiger partial charge on any atom is 0.0963 e. The largest absolute Gasteiger partial charge is 0.308 e. The van der Waals surface area contributed by atoms with E-state index in [4.69, 9.17) is 15.0 Å². The smallest absolute Gasteiger partial charge is 0.0963 e. The van der Waals surface area contributed by atoms with Gasteiger partial charge in [-0.1, -0.05) is 91.0 Å². The number of pyridine rings is 5. The molecule has 0 atom stereocenters. The quantitative estimate of drug-likeness (QED) is 0.168. The Morgan fingerprint density at radius 2 is 1.05 bits per heavy atom. The summed E-state index contributed by atoms with van der Waals surface area (Å²) >= 11 is 0. The highest BCUT2D eigenvalue weighted by molar-refractivity contribution is 6.09. The lowest BCUT2D eigenvalue weighted by atomic mass is 9.98. The fraction of sp³-hybridized carbons (Fsp3) is 0. The minimum absolute atomic E-state index is 0.777. The van der Waals surface area contributed by atoms with Gasteiger partial charge in [0.05, 0.1) is 56.6 Å². The lowest BCUT2D eigenvalue weighted by Crippen LogP contribution is -1.97. The molecule has 7 heterocycles. The molecular formula is C53H33N7. The van der Waals surface area contributed by atoms with Crippen molar-refractivity contribution in [1.29, 1.82) is 0 Å². The molecule has 5 aromatic carbocycles. The molecule has 12 rings (SSSR count). The summed E-state index contributed by atoms with van der Waals surface area (Å²) in [6.07, 6.45) is 9.52. The van der Waals surface area contributed by atoms with Gasteiger partial charge in [0.1, 0.15) is 0 Å². The normalized spacial score (nSPS) is 11.7. The summed E-state index contributed by atoms with van der Waals surface area (Å²) in [5, 5.41) is 5.71. The summed E-state index contributed by atoms with van der Waals surface area (Å²) in [5.74, 6) is 0. The van der Waals surface area contributed by atoms with Crippen LogP contribution in [0.2, 0.25) is 0 Å². The van der Waals surface area contributed by atoms with Gasteiger partial charge in [0.25, 0.3) is 0 Å². The van der Waals surface area contributed by atoms with Gasteiger partial charge in [0.2, 0.25) is 0 Å². The van der Waals surface area contributed by atoms with Crippen LogP contribution in [0.4, 0.5) is 0 Å². The Bertz CT molecular complexity index is 3510. The molecule has 12 aromatic rings. The fourth-order valence-corrected chi connectivity index (χ4v) is 8.79. The van der Waals surface area contributed by atoms with E-state index in [1.54, 1.807) is 0 Å². The Morgan fingerprint density at radius 3 is 1.95 bits per heavy atom. The molecule has 0 saturated carbocycles. The third-order valence-electron chi connectivity index (χ3n) is 11.5. The molecule has 0 fully saturated rings. The third-order valence-corrected chi connectivity index (χ3v) is 11.5. The first kappa shape index (κ1) is 33.8. The summed E-state index contributed by atoms with van der Waals surface area (Å²) in [7, 11) is 0. The Morgan fingerprint density at radius 1 is 0.350 bits per heavy atom. The van der Waals surface area contributed by atoms with E-state index < -0.39 is 0 Å². The van der Waals surface area contributed by atoms with Crippen LogP contribution in [0, 0.1) is 0 Å². The molecule has 0 saturated heterocycles. The molecule has 280 valence electrons.